The minimum Gasteiger partial charge on any atom is -0.481 e. The maximum Gasteiger partial charge on any atom is 0.309 e. The summed E-state index contributed by atoms with van der Waals surface area (Å²) in [6.07, 6.45) is 2.45. The van der Waals surface area contributed by atoms with Crippen LogP contribution in [0, 0.1) is 5.41 Å². The number of piperidine rings is 1. The number of rotatable bonds is 5. The molecule has 108 valence electrons. The van der Waals surface area contributed by atoms with Crippen molar-refractivity contribution < 1.29 is 19.5 Å². The van der Waals surface area contributed by atoms with E-state index in [2.05, 4.69) is 5.32 Å². The van der Waals surface area contributed by atoms with Crippen molar-refractivity contribution in [3.8, 4) is 0 Å². The lowest BCUT2D eigenvalue weighted by molar-refractivity contribution is -0.154. The number of nitrogens with one attached hydrogen (secondary N) is 1. The lowest BCUT2D eigenvalue weighted by Crippen LogP contribution is -2.49. The fourth-order valence-corrected chi connectivity index (χ4v) is 2.55. The highest BCUT2D eigenvalue weighted by Crippen LogP contribution is 2.36. The molecule has 0 spiro atoms. The Morgan fingerprint density at radius 2 is 1.84 bits per heavy atom. The van der Waals surface area contributed by atoms with Crippen molar-refractivity contribution in [2.24, 2.45) is 5.41 Å². The number of hydrogen-bond donors (Lipinski definition) is 2. The molecule has 1 aliphatic heterocycles. The van der Waals surface area contributed by atoms with E-state index in [0.29, 0.717) is 32.4 Å². The zero-order valence-corrected chi connectivity index (χ0v) is 11.6. The summed E-state index contributed by atoms with van der Waals surface area (Å²) in [6.45, 7) is 4.22. The molecule has 0 bridgehead atoms. The van der Waals surface area contributed by atoms with Gasteiger partial charge in [0.2, 0.25) is 11.8 Å². The fourth-order valence-electron chi connectivity index (χ4n) is 2.55. The Morgan fingerprint density at radius 1 is 1.26 bits per heavy atom. The zero-order valence-electron chi connectivity index (χ0n) is 11.6. The monoisotopic (exact) mass is 270 g/mol. The quantitative estimate of drug-likeness (QED) is 0.766. The summed E-state index contributed by atoms with van der Waals surface area (Å²) in [4.78, 5) is 35.6. The lowest BCUT2D eigenvalue weighted by atomic mass is 9.75. The van der Waals surface area contributed by atoms with Gasteiger partial charge in [0.05, 0.1) is 12.0 Å². The third kappa shape index (κ3) is 3.94. The van der Waals surface area contributed by atoms with Crippen LogP contribution in [0.15, 0.2) is 0 Å². The topological polar surface area (TPSA) is 86.7 Å². The van der Waals surface area contributed by atoms with Gasteiger partial charge in [-0.3, -0.25) is 14.4 Å². The highest BCUT2D eigenvalue weighted by molar-refractivity contribution is 5.84. The van der Waals surface area contributed by atoms with E-state index in [1.165, 1.54) is 6.92 Å². The second-order valence-electron chi connectivity index (χ2n) is 5.13. The molecule has 0 radical (unpaired) electrons. The molecule has 0 aromatic carbocycles. The van der Waals surface area contributed by atoms with Crippen molar-refractivity contribution in [1.29, 1.82) is 0 Å². The number of likely N-dealkylation sites (tertiary alicyclic amines) is 1. The van der Waals surface area contributed by atoms with Crippen molar-refractivity contribution in [3.63, 3.8) is 0 Å². The van der Waals surface area contributed by atoms with Crippen LogP contribution >= 0.6 is 0 Å². The Balaban J connectivity index is 2.53. The first kappa shape index (κ1) is 15.5. The van der Waals surface area contributed by atoms with Crippen molar-refractivity contribution >= 4 is 17.8 Å². The van der Waals surface area contributed by atoms with Crippen LogP contribution in [-0.2, 0) is 14.4 Å². The van der Waals surface area contributed by atoms with Crippen molar-refractivity contribution in [1.82, 2.24) is 10.2 Å². The Hall–Kier alpha value is -1.59. The summed E-state index contributed by atoms with van der Waals surface area (Å²) in [6, 6.07) is 0. The van der Waals surface area contributed by atoms with Crippen LogP contribution in [0.3, 0.4) is 0 Å². The lowest BCUT2D eigenvalue weighted by Gasteiger charge is -2.38. The summed E-state index contributed by atoms with van der Waals surface area (Å²) in [5.74, 6) is -1.15. The van der Waals surface area contributed by atoms with E-state index in [9.17, 15) is 19.5 Å². The molecule has 2 N–H and O–H groups in total. The van der Waals surface area contributed by atoms with Crippen LogP contribution in [0.4, 0.5) is 0 Å². The van der Waals surface area contributed by atoms with Crippen molar-refractivity contribution in [2.45, 2.75) is 39.5 Å². The Kier molecular flexibility index (Phi) is 5.32. The number of carboxylic acid groups (broad SMARTS) is 1. The number of carbonyl (C=O) groups excluding carboxylic acids is 2. The predicted octanol–water partition coefficient (Wildman–Crippen LogP) is 0.616. The Bertz CT molecular complexity index is 360. The van der Waals surface area contributed by atoms with E-state index in [-0.39, 0.29) is 18.4 Å². The second-order valence-corrected chi connectivity index (χ2v) is 5.13. The smallest absolute Gasteiger partial charge is 0.309 e. The van der Waals surface area contributed by atoms with Gasteiger partial charge in [-0.15, -0.1) is 0 Å². The van der Waals surface area contributed by atoms with Crippen LogP contribution in [0.1, 0.15) is 39.5 Å². The number of carbonyl (C=O) groups is 3. The molecule has 0 unspecified atom stereocenters. The summed E-state index contributed by atoms with van der Waals surface area (Å²) in [5.41, 5.74) is -0.681. The molecular formula is C13H22N2O4. The number of amides is 2. The SMILES string of the molecule is CCCC1(C(=O)O)CCN(C(=O)CNC(C)=O)CC1. The summed E-state index contributed by atoms with van der Waals surface area (Å²) < 4.78 is 0. The number of aliphatic carboxylic acids is 1. The molecule has 1 heterocycles. The fraction of sp³-hybridized carbons (Fsp3) is 0.769. The average molecular weight is 270 g/mol. The third-order valence-corrected chi connectivity index (χ3v) is 3.74. The molecule has 1 rings (SSSR count). The normalized spacial score (nSPS) is 17.9. The zero-order chi connectivity index (χ0) is 14.5. The van der Waals surface area contributed by atoms with Crippen LogP contribution in [-0.4, -0.2) is 47.4 Å². The first-order valence-corrected chi connectivity index (χ1v) is 6.67. The van der Waals surface area contributed by atoms with Crippen LogP contribution in [0.5, 0.6) is 0 Å². The maximum atomic E-state index is 11.8. The van der Waals surface area contributed by atoms with E-state index < -0.39 is 11.4 Å². The first-order chi connectivity index (χ1) is 8.91. The molecule has 0 atom stereocenters. The summed E-state index contributed by atoms with van der Waals surface area (Å²) in [5, 5.41) is 11.8. The highest BCUT2D eigenvalue weighted by Gasteiger charge is 2.41. The second kappa shape index (κ2) is 6.54. The number of carboxylic acids is 1. The molecule has 6 heteroatoms. The van der Waals surface area contributed by atoms with Gasteiger partial charge >= 0.3 is 5.97 Å². The van der Waals surface area contributed by atoms with Gasteiger partial charge in [-0.25, -0.2) is 0 Å². The van der Waals surface area contributed by atoms with Gasteiger partial charge < -0.3 is 15.3 Å². The van der Waals surface area contributed by atoms with Crippen LogP contribution < -0.4 is 5.32 Å². The van der Waals surface area contributed by atoms with E-state index in [0.717, 1.165) is 6.42 Å². The van der Waals surface area contributed by atoms with E-state index in [1.54, 1.807) is 4.90 Å². The Labute approximate surface area is 113 Å². The van der Waals surface area contributed by atoms with Gasteiger partial charge in [0.25, 0.3) is 0 Å². The molecule has 0 aromatic heterocycles. The predicted molar refractivity (Wildman–Crippen MR) is 69.5 cm³/mol. The highest BCUT2D eigenvalue weighted by atomic mass is 16.4. The largest absolute Gasteiger partial charge is 0.481 e. The number of hydrogen-bond acceptors (Lipinski definition) is 3. The molecule has 1 saturated heterocycles. The molecule has 1 fully saturated rings. The van der Waals surface area contributed by atoms with Gasteiger partial charge in [-0.05, 0) is 19.3 Å². The van der Waals surface area contributed by atoms with E-state index in [4.69, 9.17) is 0 Å². The van der Waals surface area contributed by atoms with Gasteiger partial charge in [0.1, 0.15) is 0 Å². The minimum absolute atomic E-state index is 0.0107. The van der Waals surface area contributed by atoms with Gasteiger partial charge in [-0.2, -0.15) is 0 Å². The molecule has 1 aliphatic rings. The molecule has 0 aromatic rings. The molecule has 6 nitrogen and oxygen atoms in total. The van der Waals surface area contributed by atoms with Gasteiger partial charge in [0, 0.05) is 20.0 Å². The van der Waals surface area contributed by atoms with Crippen LogP contribution in [0.2, 0.25) is 0 Å². The summed E-state index contributed by atoms with van der Waals surface area (Å²) in [7, 11) is 0. The molecule has 19 heavy (non-hydrogen) atoms. The maximum absolute atomic E-state index is 11.8. The van der Waals surface area contributed by atoms with E-state index in [1.807, 2.05) is 6.92 Å². The molecule has 0 aliphatic carbocycles. The molecule has 0 saturated carbocycles. The number of nitrogens with zero attached hydrogens (tertiary/aromatic N) is 1. The molecule has 2 amide bonds. The van der Waals surface area contributed by atoms with Gasteiger partial charge in [0.15, 0.2) is 0 Å². The van der Waals surface area contributed by atoms with Crippen LogP contribution in [0.25, 0.3) is 0 Å². The van der Waals surface area contributed by atoms with Crippen molar-refractivity contribution in [3.05, 3.63) is 0 Å². The van der Waals surface area contributed by atoms with E-state index >= 15 is 0 Å². The average Bonchev–Trinajstić information content (AvgIpc) is 2.37. The third-order valence-electron chi connectivity index (χ3n) is 3.74. The Morgan fingerprint density at radius 3 is 2.26 bits per heavy atom. The van der Waals surface area contributed by atoms with Crippen molar-refractivity contribution in [2.75, 3.05) is 19.6 Å². The summed E-state index contributed by atoms with van der Waals surface area (Å²) >= 11 is 0. The standard InChI is InChI=1S/C13H22N2O4/c1-3-4-13(12(18)19)5-7-15(8-6-13)11(17)9-14-10(2)16/h3-9H2,1-2H3,(H,14,16)(H,18,19). The first-order valence-electron chi connectivity index (χ1n) is 6.67. The van der Waals surface area contributed by atoms with Gasteiger partial charge in [-0.1, -0.05) is 13.3 Å². The molecular weight excluding hydrogens is 248 g/mol. The minimum atomic E-state index is -0.761.